The van der Waals surface area contributed by atoms with Gasteiger partial charge in [-0.25, -0.2) is 18.8 Å². The zero-order valence-corrected chi connectivity index (χ0v) is 9.63. The third-order valence-corrected chi connectivity index (χ3v) is 4.43. The second kappa shape index (κ2) is 2.98. The van der Waals surface area contributed by atoms with Crippen LogP contribution in [0.4, 0.5) is 0 Å². The number of hydrogen-bond acceptors (Lipinski definition) is 4. The minimum Gasteiger partial charge on any atom is -0.476 e. The van der Waals surface area contributed by atoms with Crippen molar-refractivity contribution in [3.05, 3.63) is 6.20 Å². The Hall–Kier alpha value is -1.08. The van der Waals surface area contributed by atoms with E-state index in [1.165, 1.54) is 12.6 Å². The molecule has 0 amide bonds. The van der Waals surface area contributed by atoms with Gasteiger partial charge in [0, 0.05) is 5.41 Å². The van der Waals surface area contributed by atoms with Gasteiger partial charge in [0.05, 0.1) is 19.3 Å². The number of rotatable bonds is 1. The number of ether oxygens (including phenoxy) is 1. The zero-order valence-electron chi connectivity index (χ0n) is 8.81. The number of aromatic nitrogens is 2. The Balaban J connectivity index is 2.00. The molecule has 2 heterocycles. The van der Waals surface area contributed by atoms with Crippen LogP contribution in [0.3, 0.4) is 0 Å². The van der Waals surface area contributed by atoms with E-state index in [-0.39, 0.29) is 10.3 Å². The van der Waals surface area contributed by atoms with Crippen molar-refractivity contribution in [1.29, 1.82) is 4.78 Å². The minimum atomic E-state index is -3.24. The molecule has 1 atom stereocenters. The van der Waals surface area contributed by atoms with E-state index >= 15 is 0 Å². The maximum Gasteiger partial charge on any atom is 0.230 e. The van der Waals surface area contributed by atoms with Crippen LogP contribution in [0, 0.1) is 10.2 Å². The Labute approximate surface area is 93.9 Å². The first kappa shape index (κ1) is 10.1. The van der Waals surface area contributed by atoms with Crippen LogP contribution in [-0.2, 0) is 16.5 Å². The molecule has 3 rings (SSSR count). The van der Waals surface area contributed by atoms with E-state index < -0.39 is 9.92 Å². The smallest absolute Gasteiger partial charge is 0.230 e. The molecule has 1 unspecified atom stereocenters. The van der Waals surface area contributed by atoms with Crippen LogP contribution >= 0.6 is 0 Å². The zero-order chi connectivity index (χ0) is 11.4. The summed E-state index contributed by atoms with van der Waals surface area (Å²) in [5, 5.41) is 9.41. The fourth-order valence-electron chi connectivity index (χ4n) is 2.39. The van der Waals surface area contributed by atoms with Crippen molar-refractivity contribution in [2.24, 2.45) is 10.6 Å². The Kier molecular flexibility index (Phi) is 1.88. The van der Waals surface area contributed by atoms with Gasteiger partial charge in [-0.15, -0.1) is 0 Å². The first-order valence-corrected chi connectivity index (χ1v) is 6.88. The first-order chi connectivity index (χ1) is 7.50. The largest absolute Gasteiger partial charge is 0.476 e. The Morgan fingerprint density at radius 2 is 2.38 bits per heavy atom. The maximum absolute atomic E-state index is 11.5. The molecule has 1 fully saturated rings. The fraction of sp³-hybridized carbons (Fsp3) is 0.667. The molecule has 6 nitrogen and oxygen atoms in total. The fourth-order valence-corrected chi connectivity index (χ4v) is 3.01. The number of fused-ring (bicyclic) bond motifs is 1. The van der Waals surface area contributed by atoms with Crippen molar-refractivity contribution in [3.8, 4) is 5.88 Å². The lowest BCUT2D eigenvalue weighted by molar-refractivity contribution is 0.000128. The third-order valence-electron chi connectivity index (χ3n) is 3.50. The molecule has 88 valence electrons. The van der Waals surface area contributed by atoms with E-state index in [1.807, 2.05) is 0 Å². The summed E-state index contributed by atoms with van der Waals surface area (Å²) < 4.78 is 26.1. The molecule has 1 saturated carbocycles. The van der Waals surface area contributed by atoms with Crippen LogP contribution < -0.4 is 9.88 Å². The molecule has 1 aromatic rings. The van der Waals surface area contributed by atoms with Crippen LogP contribution in [0.25, 0.3) is 0 Å². The average molecular weight is 242 g/mol. The van der Waals surface area contributed by atoms with Gasteiger partial charge in [-0.05, 0) is 12.8 Å². The van der Waals surface area contributed by atoms with Crippen LogP contribution in [0.15, 0.2) is 11.1 Å². The summed E-state index contributed by atoms with van der Waals surface area (Å²) in [4.78, 5) is 0.210. The molecule has 0 radical (unpaired) electrons. The van der Waals surface area contributed by atoms with Gasteiger partial charge >= 0.3 is 0 Å². The molecular formula is C9H14N4O2S. The molecule has 7 heteroatoms. The third kappa shape index (κ3) is 1.35. The van der Waals surface area contributed by atoms with Gasteiger partial charge in [-0.3, -0.25) is 0 Å². The standard InChI is InChI=1S/C9H14N4O2S/c10-16(11,14)7-4-12-13-5-9(2-1-3-9)6-15-8(7)13/h4H,1-3,5-6H2,(H3,10,11,14). The molecule has 0 bridgehead atoms. The Morgan fingerprint density at radius 1 is 1.62 bits per heavy atom. The van der Waals surface area contributed by atoms with E-state index in [4.69, 9.17) is 14.7 Å². The molecule has 1 aliphatic carbocycles. The van der Waals surface area contributed by atoms with E-state index in [0.717, 1.165) is 19.4 Å². The quantitative estimate of drug-likeness (QED) is 0.760. The summed E-state index contributed by atoms with van der Waals surface area (Å²) in [6.07, 6.45) is 4.93. The second-order valence-corrected chi connectivity index (χ2v) is 6.36. The summed E-state index contributed by atoms with van der Waals surface area (Å²) in [6.45, 7) is 1.42. The summed E-state index contributed by atoms with van der Waals surface area (Å²) in [5.74, 6) is 0.417. The highest BCUT2D eigenvalue weighted by Gasteiger charge is 2.42. The molecule has 1 aliphatic heterocycles. The Bertz CT molecular complexity index is 530. The molecule has 1 aromatic heterocycles. The van der Waals surface area contributed by atoms with Crippen molar-refractivity contribution in [1.82, 2.24) is 9.78 Å². The van der Waals surface area contributed by atoms with E-state index in [0.29, 0.717) is 12.5 Å². The van der Waals surface area contributed by atoms with Crippen LogP contribution in [0.1, 0.15) is 19.3 Å². The lowest BCUT2D eigenvalue weighted by Crippen LogP contribution is -2.43. The average Bonchev–Trinajstić information content (AvgIpc) is 2.56. The predicted molar refractivity (Wildman–Crippen MR) is 57.3 cm³/mol. The summed E-state index contributed by atoms with van der Waals surface area (Å²) in [7, 11) is -3.24. The number of nitrogens with two attached hydrogens (primary N) is 1. The molecule has 0 saturated heterocycles. The molecular weight excluding hydrogens is 228 g/mol. The number of hydrogen-bond donors (Lipinski definition) is 2. The van der Waals surface area contributed by atoms with Gasteiger partial charge in [0.2, 0.25) is 5.88 Å². The molecule has 2 aliphatic rings. The van der Waals surface area contributed by atoms with Crippen LogP contribution in [-0.4, -0.2) is 20.6 Å². The topological polar surface area (TPSA) is 94.0 Å². The summed E-state index contributed by atoms with van der Waals surface area (Å²) in [5.41, 5.74) is 0.216. The van der Waals surface area contributed by atoms with Gasteiger partial charge in [0.15, 0.2) is 0 Å². The second-order valence-electron chi connectivity index (χ2n) is 4.71. The van der Waals surface area contributed by atoms with Gasteiger partial charge in [-0.2, -0.15) is 5.10 Å². The van der Waals surface area contributed by atoms with Crippen molar-refractivity contribution < 1.29 is 8.95 Å². The highest BCUT2D eigenvalue weighted by atomic mass is 32.2. The van der Waals surface area contributed by atoms with Gasteiger partial charge in [0.25, 0.3) is 0 Å². The SMILES string of the molecule is N=S(N)(=O)c1cnn2c1OCC1(CCC1)C2. The maximum atomic E-state index is 11.5. The van der Waals surface area contributed by atoms with E-state index in [2.05, 4.69) is 5.10 Å². The van der Waals surface area contributed by atoms with Crippen molar-refractivity contribution in [3.63, 3.8) is 0 Å². The highest BCUT2D eigenvalue weighted by molar-refractivity contribution is 7.90. The first-order valence-electron chi connectivity index (χ1n) is 5.25. The van der Waals surface area contributed by atoms with Crippen LogP contribution in [0.2, 0.25) is 0 Å². The molecule has 0 aromatic carbocycles. The predicted octanol–water partition coefficient (Wildman–Crippen LogP) is 0.725. The molecule has 16 heavy (non-hydrogen) atoms. The highest BCUT2D eigenvalue weighted by Crippen LogP contribution is 2.46. The molecule has 1 spiro atoms. The van der Waals surface area contributed by atoms with Crippen LogP contribution in [0.5, 0.6) is 5.88 Å². The summed E-state index contributed by atoms with van der Waals surface area (Å²) >= 11 is 0. The van der Waals surface area contributed by atoms with Crippen molar-refractivity contribution in [2.45, 2.75) is 30.7 Å². The number of nitrogens with one attached hydrogen (secondary N) is 1. The normalized spacial score (nSPS) is 25.3. The van der Waals surface area contributed by atoms with Crippen molar-refractivity contribution in [2.75, 3.05) is 6.61 Å². The molecule has 3 N–H and O–H groups in total. The lowest BCUT2D eigenvalue weighted by Gasteiger charge is -2.44. The van der Waals surface area contributed by atoms with E-state index in [9.17, 15) is 4.21 Å². The summed E-state index contributed by atoms with van der Waals surface area (Å²) in [6, 6.07) is 0. The Morgan fingerprint density at radius 3 is 2.94 bits per heavy atom. The van der Waals surface area contributed by atoms with Gasteiger partial charge < -0.3 is 4.74 Å². The monoisotopic (exact) mass is 242 g/mol. The van der Waals surface area contributed by atoms with Gasteiger partial charge in [0.1, 0.15) is 14.8 Å². The van der Waals surface area contributed by atoms with E-state index in [1.54, 1.807) is 4.68 Å². The lowest BCUT2D eigenvalue weighted by atomic mass is 9.69. The number of nitrogens with zero attached hydrogens (tertiary/aromatic N) is 2. The van der Waals surface area contributed by atoms with Crippen molar-refractivity contribution >= 4 is 9.92 Å². The minimum absolute atomic E-state index is 0.210. The van der Waals surface area contributed by atoms with Gasteiger partial charge in [-0.1, -0.05) is 6.42 Å².